The first-order valence-electron chi connectivity index (χ1n) is 9.49. The zero-order chi connectivity index (χ0) is 20.5. The molecule has 8 heteroatoms. The quantitative estimate of drug-likeness (QED) is 0.664. The Morgan fingerprint density at radius 2 is 1.97 bits per heavy atom. The second kappa shape index (κ2) is 7.79. The number of carbonyl (C=O) groups excluding carboxylic acids is 2. The number of aryl methyl sites for hydroxylation is 1. The lowest BCUT2D eigenvalue weighted by atomic mass is 10.0. The van der Waals surface area contributed by atoms with Gasteiger partial charge in [0.15, 0.2) is 5.69 Å². The van der Waals surface area contributed by atoms with E-state index >= 15 is 0 Å². The van der Waals surface area contributed by atoms with Crippen LogP contribution < -0.4 is 0 Å². The number of aromatic nitrogens is 3. The lowest BCUT2D eigenvalue weighted by molar-refractivity contribution is 0.0721. The van der Waals surface area contributed by atoms with Gasteiger partial charge in [-0.15, -0.1) is 11.3 Å². The molecule has 0 fully saturated rings. The molecule has 4 rings (SSSR count). The third-order valence-electron chi connectivity index (χ3n) is 5.04. The summed E-state index contributed by atoms with van der Waals surface area (Å²) < 4.78 is 1.91. The molecule has 0 atom stereocenters. The number of hydrogen-bond acceptors (Lipinski definition) is 5. The molecular formula is C21H23N5O2S. The molecule has 0 spiro atoms. The minimum atomic E-state index is -0.146. The van der Waals surface area contributed by atoms with E-state index in [0.29, 0.717) is 37.4 Å². The third-order valence-corrected chi connectivity index (χ3v) is 5.82. The van der Waals surface area contributed by atoms with Gasteiger partial charge in [-0.2, -0.15) is 5.10 Å². The van der Waals surface area contributed by atoms with Crippen molar-refractivity contribution in [2.45, 2.75) is 26.4 Å². The predicted molar refractivity (Wildman–Crippen MR) is 111 cm³/mol. The van der Waals surface area contributed by atoms with E-state index in [1.807, 2.05) is 41.9 Å². The Balaban J connectivity index is 1.67. The summed E-state index contributed by atoms with van der Waals surface area (Å²) in [5.41, 5.74) is 3.88. The Morgan fingerprint density at radius 3 is 2.62 bits per heavy atom. The number of benzene rings is 1. The Hall–Kier alpha value is -3.00. The van der Waals surface area contributed by atoms with Gasteiger partial charge in [0.25, 0.3) is 11.8 Å². The van der Waals surface area contributed by atoms with E-state index in [4.69, 9.17) is 0 Å². The van der Waals surface area contributed by atoms with E-state index in [0.717, 1.165) is 21.8 Å². The van der Waals surface area contributed by atoms with E-state index in [1.54, 1.807) is 24.4 Å². The summed E-state index contributed by atoms with van der Waals surface area (Å²) in [7, 11) is 3.43. The number of nitrogens with zero attached hydrogens (tertiary/aromatic N) is 5. The van der Waals surface area contributed by atoms with Crippen LogP contribution >= 0.6 is 11.3 Å². The van der Waals surface area contributed by atoms with Gasteiger partial charge in [-0.1, -0.05) is 30.3 Å². The lowest BCUT2D eigenvalue weighted by Gasteiger charge is -2.27. The van der Waals surface area contributed by atoms with E-state index in [9.17, 15) is 9.59 Å². The number of carbonyl (C=O) groups is 2. The van der Waals surface area contributed by atoms with Crippen LogP contribution in [0.1, 0.15) is 42.8 Å². The molecule has 3 heterocycles. The molecule has 0 bridgehead atoms. The number of amides is 2. The van der Waals surface area contributed by atoms with Crippen molar-refractivity contribution in [3.05, 3.63) is 68.9 Å². The number of rotatable bonds is 4. The molecule has 3 aromatic rings. The highest BCUT2D eigenvalue weighted by Gasteiger charge is 2.31. The fourth-order valence-corrected chi connectivity index (χ4v) is 4.15. The molecule has 0 radical (unpaired) electrons. The maximum absolute atomic E-state index is 12.9. The van der Waals surface area contributed by atoms with Crippen LogP contribution in [0.15, 0.2) is 35.7 Å². The van der Waals surface area contributed by atoms with Crippen LogP contribution in [0.2, 0.25) is 0 Å². The van der Waals surface area contributed by atoms with E-state index < -0.39 is 0 Å². The van der Waals surface area contributed by atoms with Gasteiger partial charge in [-0.05, 0) is 12.5 Å². The molecule has 1 aliphatic heterocycles. The first kappa shape index (κ1) is 19.3. The van der Waals surface area contributed by atoms with Crippen molar-refractivity contribution in [1.82, 2.24) is 24.6 Å². The second-order valence-corrected chi connectivity index (χ2v) is 8.41. The summed E-state index contributed by atoms with van der Waals surface area (Å²) in [6.07, 6.45) is 0.657. The monoisotopic (exact) mass is 409 g/mol. The smallest absolute Gasteiger partial charge is 0.274 e. The highest BCUT2D eigenvalue weighted by atomic mass is 32.1. The SMILES string of the molecule is Cc1nc(C(=O)N2CCc3c(c(C(=O)N(C)C)nn3Cc3ccccc3)C2)cs1. The lowest BCUT2D eigenvalue weighted by Crippen LogP contribution is -2.37. The highest BCUT2D eigenvalue weighted by molar-refractivity contribution is 7.09. The van der Waals surface area contributed by atoms with Crippen LogP contribution in [0.25, 0.3) is 0 Å². The average molecular weight is 410 g/mol. The molecule has 0 saturated heterocycles. The van der Waals surface area contributed by atoms with Crippen molar-refractivity contribution < 1.29 is 9.59 Å². The van der Waals surface area contributed by atoms with Crippen molar-refractivity contribution in [2.75, 3.05) is 20.6 Å². The Kier molecular flexibility index (Phi) is 5.19. The molecule has 1 aliphatic rings. The number of thiazole rings is 1. The van der Waals surface area contributed by atoms with Crippen LogP contribution in [0.5, 0.6) is 0 Å². The van der Waals surface area contributed by atoms with Crippen molar-refractivity contribution in [3.63, 3.8) is 0 Å². The maximum atomic E-state index is 12.9. The van der Waals surface area contributed by atoms with E-state index in [-0.39, 0.29) is 11.8 Å². The fraction of sp³-hybridized carbons (Fsp3) is 0.333. The summed E-state index contributed by atoms with van der Waals surface area (Å²) in [6.45, 7) is 3.44. The van der Waals surface area contributed by atoms with Gasteiger partial charge in [0.1, 0.15) is 5.69 Å². The van der Waals surface area contributed by atoms with Gasteiger partial charge in [-0.3, -0.25) is 14.3 Å². The molecule has 2 aromatic heterocycles. The van der Waals surface area contributed by atoms with Gasteiger partial charge < -0.3 is 9.80 Å². The largest absolute Gasteiger partial charge is 0.343 e. The van der Waals surface area contributed by atoms with E-state index in [1.165, 1.54) is 16.2 Å². The van der Waals surface area contributed by atoms with Gasteiger partial charge in [0.2, 0.25) is 0 Å². The molecular weight excluding hydrogens is 386 g/mol. The number of fused-ring (bicyclic) bond motifs is 1. The minimum Gasteiger partial charge on any atom is -0.343 e. The van der Waals surface area contributed by atoms with Gasteiger partial charge in [0.05, 0.1) is 18.1 Å². The summed E-state index contributed by atoms with van der Waals surface area (Å²) >= 11 is 1.46. The molecule has 7 nitrogen and oxygen atoms in total. The summed E-state index contributed by atoms with van der Waals surface area (Å²) in [4.78, 5) is 33.3. The summed E-state index contributed by atoms with van der Waals surface area (Å²) in [5.74, 6) is -0.245. The van der Waals surface area contributed by atoms with Crippen LogP contribution in [0, 0.1) is 6.92 Å². The summed E-state index contributed by atoms with van der Waals surface area (Å²) in [6, 6.07) is 10.1. The molecule has 2 amide bonds. The predicted octanol–water partition coefficient (Wildman–Crippen LogP) is 2.60. The van der Waals surface area contributed by atoms with Crippen molar-refractivity contribution in [1.29, 1.82) is 0 Å². The van der Waals surface area contributed by atoms with Crippen LogP contribution in [-0.2, 0) is 19.5 Å². The molecule has 150 valence electrons. The average Bonchev–Trinajstić information content (AvgIpc) is 3.31. The van der Waals surface area contributed by atoms with Gasteiger partial charge >= 0.3 is 0 Å². The maximum Gasteiger partial charge on any atom is 0.274 e. The molecule has 0 saturated carbocycles. The standard InChI is InChI=1S/C21H23N5O2S/c1-14-22-17(13-29-14)20(27)25-10-9-18-16(12-25)19(21(28)24(2)3)23-26(18)11-15-7-5-4-6-8-15/h4-8,13H,9-12H2,1-3H3. The van der Waals surface area contributed by atoms with Crippen LogP contribution in [0.4, 0.5) is 0 Å². The normalized spacial score (nSPS) is 13.3. The highest BCUT2D eigenvalue weighted by Crippen LogP contribution is 2.26. The fourth-order valence-electron chi connectivity index (χ4n) is 3.56. The third kappa shape index (κ3) is 3.80. The van der Waals surface area contributed by atoms with Crippen LogP contribution in [0.3, 0.4) is 0 Å². The zero-order valence-electron chi connectivity index (χ0n) is 16.8. The first-order valence-corrected chi connectivity index (χ1v) is 10.4. The van der Waals surface area contributed by atoms with Crippen LogP contribution in [-0.4, -0.2) is 57.0 Å². The van der Waals surface area contributed by atoms with Crippen molar-refractivity contribution in [3.8, 4) is 0 Å². The molecule has 1 aromatic carbocycles. The zero-order valence-corrected chi connectivity index (χ0v) is 17.6. The first-order chi connectivity index (χ1) is 13.9. The van der Waals surface area contributed by atoms with Crippen molar-refractivity contribution >= 4 is 23.2 Å². The summed E-state index contributed by atoms with van der Waals surface area (Å²) in [5, 5.41) is 7.31. The Bertz CT molecular complexity index is 1050. The minimum absolute atomic E-state index is 0.0981. The Labute approximate surface area is 173 Å². The van der Waals surface area contributed by atoms with Crippen molar-refractivity contribution in [2.24, 2.45) is 0 Å². The molecule has 0 N–H and O–H groups in total. The topological polar surface area (TPSA) is 71.3 Å². The molecule has 29 heavy (non-hydrogen) atoms. The van der Waals surface area contributed by atoms with Gasteiger partial charge in [-0.25, -0.2) is 4.98 Å². The van der Waals surface area contributed by atoms with Gasteiger partial charge in [0, 0.05) is 43.7 Å². The molecule has 0 aliphatic carbocycles. The molecule has 0 unspecified atom stereocenters. The van der Waals surface area contributed by atoms with E-state index in [2.05, 4.69) is 10.1 Å². The number of hydrogen-bond donors (Lipinski definition) is 0. The second-order valence-electron chi connectivity index (χ2n) is 7.35. The Morgan fingerprint density at radius 1 is 1.21 bits per heavy atom.